The van der Waals surface area contributed by atoms with Crippen molar-refractivity contribution in [2.24, 2.45) is 0 Å². The molecule has 2 aromatic rings. The SMILES string of the molecule is CCc1nc(Cc2csc(C)n2)nc(Cl)c1C. The minimum Gasteiger partial charge on any atom is -0.246 e. The van der Waals surface area contributed by atoms with E-state index in [4.69, 9.17) is 11.6 Å². The molecule has 0 radical (unpaired) electrons. The molecule has 2 heterocycles. The molecule has 0 aliphatic rings. The van der Waals surface area contributed by atoms with Gasteiger partial charge in [0.25, 0.3) is 0 Å². The van der Waals surface area contributed by atoms with Gasteiger partial charge in [0.05, 0.1) is 17.1 Å². The van der Waals surface area contributed by atoms with Crippen LogP contribution in [-0.2, 0) is 12.8 Å². The van der Waals surface area contributed by atoms with Crippen LogP contribution >= 0.6 is 22.9 Å². The zero-order valence-corrected chi connectivity index (χ0v) is 11.7. The molecule has 0 atom stereocenters. The van der Waals surface area contributed by atoms with Crippen LogP contribution in [-0.4, -0.2) is 15.0 Å². The Kier molecular flexibility index (Phi) is 3.74. The molecule has 0 amide bonds. The van der Waals surface area contributed by atoms with E-state index >= 15 is 0 Å². The second-order valence-electron chi connectivity index (χ2n) is 3.89. The van der Waals surface area contributed by atoms with E-state index in [-0.39, 0.29) is 0 Å². The summed E-state index contributed by atoms with van der Waals surface area (Å²) in [5.74, 6) is 0.753. The Balaban J connectivity index is 2.30. The Morgan fingerprint density at radius 1 is 1.24 bits per heavy atom. The van der Waals surface area contributed by atoms with E-state index in [9.17, 15) is 0 Å². The van der Waals surface area contributed by atoms with Crippen LogP contribution in [0.25, 0.3) is 0 Å². The van der Waals surface area contributed by atoms with Gasteiger partial charge in [0.1, 0.15) is 11.0 Å². The Labute approximate surface area is 110 Å². The van der Waals surface area contributed by atoms with Crippen LogP contribution in [0.2, 0.25) is 5.15 Å². The number of hydrogen-bond acceptors (Lipinski definition) is 4. The largest absolute Gasteiger partial charge is 0.246 e. The molecule has 0 saturated carbocycles. The highest BCUT2D eigenvalue weighted by Crippen LogP contribution is 2.18. The van der Waals surface area contributed by atoms with Crippen molar-refractivity contribution in [3.63, 3.8) is 0 Å². The van der Waals surface area contributed by atoms with Crippen LogP contribution in [0.5, 0.6) is 0 Å². The molecule has 0 aliphatic heterocycles. The summed E-state index contributed by atoms with van der Waals surface area (Å²) in [6, 6.07) is 0. The maximum Gasteiger partial charge on any atom is 0.136 e. The van der Waals surface area contributed by atoms with Gasteiger partial charge < -0.3 is 0 Å². The average Bonchev–Trinajstić information content (AvgIpc) is 2.69. The van der Waals surface area contributed by atoms with E-state index in [0.29, 0.717) is 11.6 Å². The van der Waals surface area contributed by atoms with Crippen molar-refractivity contribution in [3.05, 3.63) is 38.3 Å². The first kappa shape index (κ1) is 12.5. The maximum absolute atomic E-state index is 6.10. The Morgan fingerprint density at radius 2 is 2.00 bits per heavy atom. The van der Waals surface area contributed by atoms with Gasteiger partial charge in [-0.2, -0.15) is 0 Å². The summed E-state index contributed by atoms with van der Waals surface area (Å²) in [4.78, 5) is 13.2. The summed E-state index contributed by atoms with van der Waals surface area (Å²) in [6.45, 7) is 6.02. The number of nitrogens with zero attached hydrogens (tertiary/aromatic N) is 3. The van der Waals surface area contributed by atoms with Gasteiger partial charge in [-0.15, -0.1) is 11.3 Å². The summed E-state index contributed by atoms with van der Waals surface area (Å²) < 4.78 is 0. The van der Waals surface area contributed by atoms with Crippen molar-refractivity contribution in [2.75, 3.05) is 0 Å². The van der Waals surface area contributed by atoms with Crippen LogP contribution in [0.1, 0.15) is 34.7 Å². The molecule has 3 nitrogen and oxygen atoms in total. The van der Waals surface area contributed by atoms with Crippen molar-refractivity contribution in [1.82, 2.24) is 15.0 Å². The number of aryl methyl sites for hydroxylation is 2. The van der Waals surface area contributed by atoms with Gasteiger partial charge in [0, 0.05) is 16.6 Å². The Bertz CT molecular complexity index is 537. The van der Waals surface area contributed by atoms with Gasteiger partial charge >= 0.3 is 0 Å². The van der Waals surface area contributed by atoms with Gasteiger partial charge in [0.15, 0.2) is 0 Å². The van der Waals surface area contributed by atoms with E-state index < -0.39 is 0 Å². The van der Waals surface area contributed by atoms with Gasteiger partial charge in [-0.3, -0.25) is 0 Å². The van der Waals surface area contributed by atoms with Gasteiger partial charge in [-0.1, -0.05) is 18.5 Å². The second-order valence-corrected chi connectivity index (χ2v) is 5.31. The molecule has 0 unspecified atom stereocenters. The zero-order chi connectivity index (χ0) is 12.4. The first-order chi connectivity index (χ1) is 8.10. The summed E-state index contributed by atoms with van der Waals surface area (Å²) >= 11 is 7.74. The molecule has 2 aromatic heterocycles. The lowest BCUT2D eigenvalue weighted by Crippen LogP contribution is -2.03. The predicted octanol–water partition coefficient (Wildman–Crippen LogP) is 3.36. The third kappa shape index (κ3) is 2.82. The van der Waals surface area contributed by atoms with Crippen molar-refractivity contribution < 1.29 is 0 Å². The third-order valence-electron chi connectivity index (χ3n) is 2.57. The predicted molar refractivity (Wildman–Crippen MR) is 70.8 cm³/mol. The highest BCUT2D eigenvalue weighted by Gasteiger charge is 2.09. The van der Waals surface area contributed by atoms with E-state index in [1.165, 1.54) is 0 Å². The Hall–Kier alpha value is -1.00. The second kappa shape index (κ2) is 5.10. The van der Waals surface area contributed by atoms with Crippen LogP contribution < -0.4 is 0 Å². The van der Waals surface area contributed by atoms with E-state index in [1.807, 2.05) is 19.2 Å². The van der Waals surface area contributed by atoms with Crippen molar-refractivity contribution in [3.8, 4) is 0 Å². The van der Waals surface area contributed by atoms with E-state index in [0.717, 1.165) is 34.2 Å². The van der Waals surface area contributed by atoms with Gasteiger partial charge in [0.2, 0.25) is 0 Å². The highest BCUT2D eigenvalue weighted by atomic mass is 35.5. The lowest BCUT2D eigenvalue weighted by Gasteiger charge is -2.06. The molecule has 0 fully saturated rings. The maximum atomic E-state index is 6.10. The Morgan fingerprint density at radius 3 is 2.59 bits per heavy atom. The molecule has 0 spiro atoms. The van der Waals surface area contributed by atoms with Crippen LogP contribution in [0.15, 0.2) is 5.38 Å². The van der Waals surface area contributed by atoms with Crippen molar-refractivity contribution in [1.29, 1.82) is 0 Å². The normalized spacial score (nSPS) is 10.8. The fraction of sp³-hybridized carbons (Fsp3) is 0.417. The molecule has 0 bridgehead atoms. The number of rotatable bonds is 3. The monoisotopic (exact) mass is 267 g/mol. The fourth-order valence-electron chi connectivity index (χ4n) is 1.66. The minimum atomic E-state index is 0.554. The number of thiazole rings is 1. The topological polar surface area (TPSA) is 38.7 Å². The van der Waals surface area contributed by atoms with E-state index in [2.05, 4.69) is 21.9 Å². The van der Waals surface area contributed by atoms with Crippen molar-refractivity contribution in [2.45, 2.75) is 33.6 Å². The molecule has 90 valence electrons. The summed E-state index contributed by atoms with van der Waals surface area (Å²) in [5.41, 5.74) is 3.01. The molecular weight excluding hydrogens is 254 g/mol. The molecule has 2 rings (SSSR count). The van der Waals surface area contributed by atoms with Crippen molar-refractivity contribution >= 4 is 22.9 Å². The first-order valence-electron chi connectivity index (χ1n) is 5.53. The summed E-state index contributed by atoms with van der Waals surface area (Å²) in [6.07, 6.45) is 1.52. The third-order valence-corrected chi connectivity index (χ3v) is 3.76. The quantitative estimate of drug-likeness (QED) is 0.801. The summed E-state index contributed by atoms with van der Waals surface area (Å²) in [7, 11) is 0. The lowest BCUT2D eigenvalue weighted by atomic mass is 10.2. The van der Waals surface area contributed by atoms with Gasteiger partial charge in [-0.25, -0.2) is 15.0 Å². The first-order valence-corrected chi connectivity index (χ1v) is 6.78. The molecule has 0 N–H and O–H groups in total. The van der Waals surface area contributed by atoms with Crippen LogP contribution in [0, 0.1) is 13.8 Å². The molecule has 5 heteroatoms. The van der Waals surface area contributed by atoms with E-state index in [1.54, 1.807) is 11.3 Å². The van der Waals surface area contributed by atoms with Gasteiger partial charge in [-0.05, 0) is 20.3 Å². The number of halogens is 1. The smallest absolute Gasteiger partial charge is 0.136 e. The lowest BCUT2D eigenvalue weighted by molar-refractivity contribution is 0.876. The number of aromatic nitrogens is 3. The van der Waals surface area contributed by atoms with Crippen LogP contribution in [0.3, 0.4) is 0 Å². The zero-order valence-electron chi connectivity index (χ0n) is 10.1. The fourth-order valence-corrected chi connectivity index (χ4v) is 2.47. The average molecular weight is 268 g/mol. The molecule has 0 aromatic carbocycles. The molecule has 17 heavy (non-hydrogen) atoms. The highest BCUT2D eigenvalue weighted by molar-refractivity contribution is 7.09. The number of hydrogen-bond donors (Lipinski definition) is 0. The standard InChI is InChI=1S/C12H14ClN3S/c1-4-10-7(2)12(13)16-11(15-10)5-9-6-17-8(3)14-9/h6H,4-5H2,1-3H3. The summed E-state index contributed by atoms with van der Waals surface area (Å²) in [5, 5.41) is 3.66. The molecular formula is C12H14ClN3S. The molecule has 0 aliphatic carbocycles. The minimum absolute atomic E-state index is 0.554. The van der Waals surface area contributed by atoms with Crippen LogP contribution in [0.4, 0.5) is 0 Å². The molecule has 0 saturated heterocycles.